The third-order valence-corrected chi connectivity index (χ3v) is 4.85. The van der Waals surface area contributed by atoms with Crippen LogP contribution in [0.4, 0.5) is 0 Å². The zero-order valence-corrected chi connectivity index (χ0v) is 13.4. The quantitative estimate of drug-likeness (QED) is 0.482. The Morgan fingerprint density at radius 1 is 1.14 bits per heavy atom. The van der Waals surface area contributed by atoms with Crippen LogP contribution in [0.25, 0.3) is 0 Å². The summed E-state index contributed by atoms with van der Waals surface area (Å²) in [6, 6.07) is 17.5. The van der Waals surface area contributed by atoms with E-state index in [1.807, 2.05) is 6.20 Å². The topological polar surface area (TPSA) is 20.3 Å². The normalized spacial score (nSPS) is 17.5. The molecule has 0 saturated heterocycles. The minimum atomic E-state index is 0.178. The molecule has 0 aliphatic carbocycles. The predicted octanol–water partition coefficient (Wildman–Crippen LogP) is 4.07. The monoisotopic (exact) mass is 309 g/mol. The Balaban J connectivity index is 2.04. The number of carbonyl (C=O) groups is 1. The summed E-state index contributed by atoms with van der Waals surface area (Å²) in [7, 11) is 0. The van der Waals surface area contributed by atoms with Crippen molar-refractivity contribution in [1.29, 1.82) is 0 Å². The summed E-state index contributed by atoms with van der Waals surface area (Å²) < 4.78 is 0. The van der Waals surface area contributed by atoms with Crippen LogP contribution in [0, 0.1) is 0 Å². The molecule has 1 atom stereocenters. The van der Waals surface area contributed by atoms with Gasteiger partial charge in [0, 0.05) is 17.6 Å². The van der Waals surface area contributed by atoms with Crippen molar-refractivity contribution in [2.24, 2.45) is 0 Å². The number of rotatable bonds is 4. The van der Waals surface area contributed by atoms with Crippen LogP contribution < -0.4 is 0 Å². The van der Waals surface area contributed by atoms with Crippen LogP contribution in [0.1, 0.15) is 22.7 Å². The van der Waals surface area contributed by atoms with Gasteiger partial charge in [0.1, 0.15) is 6.29 Å². The number of aldehydes is 1. The maximum absolute atomic E-state index is 10.7. The SMILES string of the molecule is CSc1ccc(C2c3ccccc3CCN2C=CC=O)cc1. The van der Waals surface area contributed by atoms with Crippen molar-refractivity contribution in [2.75, 3.05) is 12.8 Å². The average Bonchev–Trinajstić information content (AvgIpc) is 2.59. The van der Waals surface area contributed by atoms with Crippen LogP contribution in [0.2, 0.25) is 0 Å². The highest BCUT2D eigenvalue weighted by Crippen LogP contribution is 2.35. The maximum atomic E-state index is 10.7. The molecule has 1 heterocycles. The fourth-order valence-corrected chi connectivity index (χ4v) is 3.46. The standard InChI is InChI=1S/C19H19NOS/c1-22-17-9-7-16(8-10-17)19-18-6-3-2-5-15(18)11-13-20(19)12-4-14-21/h2-10,12,14,19H,11,13H2,1H3. The number of carbonyl (C=O) groups excluding carboxylic acids is 1. The lowest BCUT2D eigenvalue weighted by atomic mass is 9.88. The Kier molecular flexibility index (Phi) is 4.64. The number of hydrogen-bond donors (Lipinski definition) is 0. The molecular formula is C19H19NOS. The summed E-state index contributed by atoms with van der Waals surface area (Å²) in [5, 5.41) is 0. The van der Waals surface area contributed by atoms with Crippen LogP contribution in [-0.4, -0.2) is 24.0 Å². The van der Waals surface area contributed by atoms with E-state index >= 15 is 0 Å². The van der Waals surface area contributed by atoms with E-state index in [2.05, 4.69) is 59.7 Å². The maximum Gasteiger partial charge on any atom is 0.144 e. The fourth-order valence-electron chi connectivity index (χ4n) is 3.05. The summed E-state index contributed by atoms with van der Waals surface area (Å²) in [4.78, 5) is 14.2. The van der Waals surface area contributed by atoms with Crippen LogP contribution in [0.15, 0.2) is 65.7 Å². The van der Waals surface area contributed by atoms with Crippen LogP contribution in [0.3, 0.4) is 0 Å². The van der Waals surface area contributed by atoms with E-state index in [1.165, 1.54) is 21.6 Å². The Hall–Kier alpha value is -2.00. The first-order valence-electron chi connectivity index (χ1n) is 7.43. The molecule has 0 N–H and O–H groups in total. The van der Waals surface area contributed by atoms with Gasteiger partial charge >= 0.3 is 0 Å². The molecule has 2 aromatic carbocycles. The van der Waals surface area contributed by atoms with Crippen molar-refractivity contribution in [3.05, 3.63) is 77.5 Å². The highest BCUT2D eigenvalue weighted by Gasteiger charge is 2.26. The molecule has 112 valence electrons. The predicted molar refractivity (Wildman–Crippen MR) is 92.1 cm³/mol. The summed E-state index contributed by atoms with van der Waals surface area (Å²) in [5.41, 5.74) is 4.00. The Morgan fingerprint density at radius 3 is 2.64 bits per heavy atom. The number of benzene rings is 2. The zero-order chi connectivity index (χ0) is 15.4. The van der Waals surface area contributed by atoms with Crippen molar-refractivity contribution in [1.82, 2.24) is 4.90 Å². The molecule has 0 saturated carbocycles. The number of thioether (sulfide) groups is 1. The van der Waals surface area contributed by atoms with Crippen molar-refractivity contribution in [3.8, 4) is 0 Å². The smallest absolute Gasteiger partial charge is 0.144 e. The van der Waals surface area contributed by atoms with E-state index in [1.54, 1.807) is 17.8 Å². The highest BCUT2D eigenvalue weighted by atomic mass is 32.2. The van der Waals surface area contributed by atoms with E-state index in [0.717, 1.165) is 19.3 Å². The van der Waals surface area contributed by atoms with E-state index in [4.69, 9.17) is 0 Å². The van der Waals surface area contributed by atoms with Crippen molar-refractivity contribution in [3.63, 3.8) is 0 Å². The van der Waals surface area contributed by atoms with Gasteiger partial charge in [-0.2, -0.15) is 0 Å². The van der Waals surface area contributed by atoms with Gasteiger partial charge in [0.25, 0.3) is 0 Å². The second kappa shape index (κ2) is 6.84. The van der Waals surface area contributed by atoms with Crippen LogP contribution in [-0.2, 0) is 11.2 Å². The number of fused-ring (bicyclic) bond motifs is 1. The van der Waals surface area contributed by atoms with Gasteiger partial charge in [-0.1, -0.05) is 36.4 Å². The first kappa shape index (κ1) is 14.9. The van der Waals surface area contributed by atoms with Gasteiger partial charge in [0.15, 0.2) is 0 Å². The van der Waals surface area contributed by atoms with E-state index in [9.17, 15) is 4.79 Å². The largest absolute Gasteiger partial charge is 0.366 e. The molecular weight excluding hydrogens is 290 g/mol. The fraction of sp³-hybridized carbons (Fsp3) is 0.211. The molecule has 2 nitrogen and oxygen atoms in total. The van der Waals surface area contributed by atoms with Crippen molar-refractivity contribution < 1.29 is 4.79 Å². The molecule has 22 heavy (non-hydrogen) atoms. The number of nitrogens with zero attached hydrogens (tertiary/aromatic N) is 1. The van der Waals surface area contributed by atoms with Gasteiger partial charge in [-0.05, 0) is 47.6 Å². The Labute approximate surface area is 135 Å². The molecule has 3 rings (SSSR count). The van der Waals surface area contributed by atoms with Gasteiger partial charge in [-0.25, -0.2) is 0 Å². The molecule has 3 heteroatoms. The summed E-state index contributed by atoms with van der Waals surface area (Å²) >= 11 is 1.75. The minimum absolute atomic E-state index is 0.178. The molecule has 0 amide bonds. The molecule has 1 aliphatic heterocycles. The van der Waals surface area contributed by atoms with Gasteiger partial charge in [0.2, 0.25) is 0 Å². The third kappa shape index (κ3) is 2.95. The lowest BCUT2D eigenvalue weighted by Crippen LogP contribution is -2.32. The number of allylic oxidation sites excluding steroid dienone is 1. The molecule has 0 spiro atoms. The minimum Gasteiger partial charge on any atom is -0.366 e. The van der Waals surface area contributed by atoms with E-state index < -0.39 is 0 Å². The Morgan fingerprint density at radius 2 is 1.91 bits per heavy atom. The molecule has 0 aromatic heterocycles. The summed E-state index contributed by atoms with van der Waals surface area (Å²) in [6.07, 6.45) is 7.44. The summed E-state index contributed by atoms with van der Waals surface area (Å²) in [5.74, 6) is 0. The average molecular weight is 309 g/mol. The molecule has 0 fully saturated rings. The lowest BCUT2D eigenvalue weighted by Gasteiger charge is -2.37. The molecule has 0 bridgehead atoms. The zero-order valence-electron chi connectivity index (χ0n) is 12.6. The second-order valence-corrected chi connectivity index (χ2v) is 6.22. The lowest BCUT2D eigenvalue weighted by molar-refractivity contribution is -0.104. The van der Waals surface area contributed by atoms with E-state index in [0.29, 0.717) is 0 Å². The first-order valence-corrected chi connectivity index (χ1v) is 8.65. The van der Waals surface area contributed by atoms with Gasteiger partial charge in [0.05, 0.1) is 6.04 Å². The second-order valence-electron chi connectivity index (χ2n) is 5.34. The van der Waals surface area contributed by atoms with Gasteiger partial charge < -0.3 is 4.90 Å². The molecule has 0 radical (unpaired) electrons. The third-order valence-electron chi connectivity index (χ3n) is 4.11. The molecule has 2 aromatic rings. The summed E-state index contributed by atoms with van der Waals surface area (Å²) in [6.45, 7) is 0.927. The van der Waals surface area contributed by atoms with Gasteiger partial charge in [-0.3, -0.25) is 4.79 Å². The van der Waals surface area contributed by atoms with Crippen molar-refractivity contribution in [2.45, 2.75) is 17.4 Å². The molecule has 1 aliphatic rings. The molecule has 1 unspecified atom stereocenters. The highest BCUT2D eigenvalue weighted by molar-refractivity contribution is 7.98. The number of hydrogen-bond acceptors (Lipinski definition) is 3. The van der Waals surface area contributed by atoms with Crippen LogP contribution in [0.5, 0.6) is 0 Å². The van der Waals surface area contributed by atoms with Crippen LogP contribution >= 0.6 is 11.8 Å². The van der Waals surface area contributed by atoms with Crippen molar-refractivity contribution >= 4 is 18.0 Å². The van der Waals surface area contributed by atoms with E-state index in [-0.39, 0.29) is 6.04 Å². The van der Waals surface area contributed by atoms with Gasteiger partial charge in [-0.15, -0.1) is 11.8 Å². The Bertz CT molecular complexity index is 678. The first-order chi connectivity index (χ1) is 10.8.